The number of benzene rings is 6. The quantitative estimate of drug-likeness (QED) is 0.0491. The number of carbonyl (C=O) groups is 4. The van der Waals surface area contributed by atoms with Crippen LogP contribution in [0.1, 0.15) is 31.8 Å². The first-order valence-electron chi connectivity index (χ1n) is 24.8. The molecule has 0 bridgehead atoms. The lowest BCUT2D eigenvalue weighted by Gasteiger charge is -2.34. The Balaban J connectivity index is 0.876. The van der Waals surface area contributed by atoms with Gasteiger partial charge in [-0.15, -0.1) is 0 Å². The van der Waals surface area contributed by atoms with Crippen LogP contribution in [0.5, 0.6) is 34.5 Å². The molecule has 0 radical (unpaired) electrons. The van der Waals surface area contributed by atoms with E-state index in [1.165, 1.54) is 34.1 Å². The van der Waals surface area contributed by atoms with Crippen molar-refractivity contribution in [3.63, 3.8) is 0 Å². The number of piperazine rings is 2. The Bertz CT molecular complexity index is 3490. The Hall–Kier alpha value is -9.34. The number of nitrogens with zero attached hydrogens (tertiary/aromatic N) is 4. The molecule has 2 aliphatic heterocycles. The molecule has 0 aliphatic carbocycles. The van der Waals surface area contributed by atoms with Crippen LogP contribution in [0.3, 0.4) is 0 Å². The lowest BCUT2D eigenvalue weighted by atomic mass is 10.0. The number of esters is 2. The van der Waals surface area contributed by atoms with Gasteiger partial charge < -0.3 is 58.7 Å². The predicted octanol–water partition coefficient (Wildman–Crippen LogP) is 5.20. The van der Waals surface area contributed by atoms with Gasteiger partial charge >= 0.3 is 11.9 Å². The van der Waals surface area contributed by atoms with Gasteiger partial charge in [0.05, 0.1) is 10.8 Å². The number of aromatic hydroxyl groups is 4. The minimum Gasteiger partial charge on any atom is -0.504 e. The molecule has 2 aromatic heterocycles. The molecule has 0 saturated carbocycles. The molecule has 0 spiro atoms. The molecule has 2 fully saturated rings. The second-order valence-corrected chi connectivity index (χ2v) is 18.8. The number of ether oxygens (including phenoxy) is 2. The number of aliphatic hydroxyl groups is 2. The van der Waals surface area contributed by atoms with Gasteiger partial charge in [-0.1, -0.05) is 84.9 Å². The fourth-order valence-corrected chi connectivity index (χ4v) is 9.50. The van der Waals surface area contributed by atoms with Crippen molar-refractivity contribution >= 4 is 45.7 Å². The van der Waals surface area contributed by atoms with E-state index in [-0.39, 0.29) is 70.8 Å². The molecule has 2 atom stereocenters. The van der Waals surface area contributed by atoms with Crippen molar-refractivity contribution in [1.82, 2.24) is 19.6 Å². The van der Waals surface area contributed by atoms with Crippen LogP contribution in [-0.2, 0) is 22.7 Å². The molecule has 20 nitrogen and oxygen atoms in total. The molecule has 4 heterocycles. The molecule has 6 N–H and O–H groups in total. The summed E-state index contributed by atoms with van der Waals surface area (Å²) in [5, 5.41) is 65.7. The van der Waals surface area contributed by atoms with Crippen molar-refractivity contribution in [2.24, 2.45) is 0 Å². The van der Waals surface area contributed by atoms with Gasteiger partial charge in [0, 0.05) is 76.6 Å². The van der Waals surface area contributed by atoms with Gasteiger partial charge in [0.1, 0.15) is 22.3 Å². The van der Waals surface area contributed by atoms with E-state index >= 15 is 0 Å². The Kier molecular flexibility index (Phi) is 14.8. The summed E-state index contributed by atoms with van der Waals surface area (Å²) >= 11 is 0. The van der Waals surface area contributed by atoms with Gasteiger partial charge in [-0.2, -0.15) is 0 Å². The zero-order valence-electron chi connectivity index (χ0n) is 41.5. The highest BCUT2D eigenvalue weighted by Crippen LogP contribution is 2.43. The molecule has 6 aromatic carbocycles. The van der Waals surface area contributed by atoms with Crippen molar-refractivity contribution in [2.45, 2.75) is 25.3 Å². The molecule has 10 rings (SSSR count). The molecule has 78 heavy (non-hydrogen) atoms. The van der Waals surface area contributed by atoms with Gasteiger partial charge in [0.2, 0.25) is 22.4 Å². The van der Waals surface area contributed by atoms with E-state index in [4.69, 9.17) is 18.3 Å². The normalized spacial score (nSPS) is 15.0. The van der Waals surface area contributed by atoms with Crippen molar-refractivity contribution in [3.8, 4) is 57.1 Å². The monoisotopic (exact) mass is 1060 g/mol. The summed E-state index contributed by atoms with van der Waals surface area (Å²) in [5.74, 6) is -11.5. The zero-order valence-corrected chi connectivity index (χ0v) is 41.5. The highest BCUT2D eigenvalue weighted by atomic mass is 16.6. The number of carbonyl (C=O) groups excluding carboxylic acids is 4. The molecule has 2 unspecified atom stereocenters. The summed E-state index contributed by atoms with van der Waals surface area (Å²) in [4.78, 5) is 91.2. The largest absolute Gasteiger partial charge is 0.504 e. The first kappa shape index (κ1) is 52.1. The Labute approximate surface area is 443 Å². The third-order valence-corrected chi connectivity index (χ3v) is 13.7. The van der Waals surface area contributed by atoms with E-state index in [1.807, 2.05) is 60.7 Å². The third kappa shape index (κ3) is 10.6. The average molecular weight is 1060 g/mol. The maximum absolute atomic E-state index is 14.3. The van der Waals surface area contributed by atoms with Crippen LogP contribution in [0.25, 0.3) is 44.6 Å². The number of hydrogen-bond acceptors (Lipinski definition) is 18. The minimum absolute atomic E-state index is 0.0505. The van der Waals surface area contributed by atoms with Crippen LogP contribution in [-0.4, -0.2) is 139 Å². The topological polar surface area (TPSA) is 282 Å². The summed E-state index contributed by atoms with van der Waals surface area (Å²) in [7, 11) is 0. The summed E-state index contributed by atoms with van der Waals surface area (Å²) in [5.41, 5.74) is -0.476. The van der Waals surface area contributed by atoms with E-state index in [1.54, 1.807) is 24.3 Å². The highest BCUT2D eigenvalue weighted by Gasteiger charge is 2.37. The van der Waals surface area contributed by atoms with Crippen LogP contribution < -0.4 is 20.3 Å². The van der Waals surface area contributed by atoms with Crippen molar-refractivity contribution in [1.29, 1.82) is 0 Å². The standard InChI is InChI=1S/C58H50N4O16/c63-39-27-35(53-45(47(65)37-15-7-9-17-41(37)75-53)55(71)61-23-19-59(20-24-61)31-33-11-3-1-4-12-33)29-43(49(39)67)77-57(73)51(69)52(70)58(74)78-44-30-36(28-40(64)50(44)68)54-46(48(66)38-16-8-10-18-42(38)76-54)56(72)62-25-21-60(22-26-62)32-34-13-5-2-6-14-34/h1-18,27-30,51-52,63-64,67-70H,19-26,31-32H2. The number of phenolic OH excluding ortho intramolecular Hbond substituents is 4. The van der Waals surface area contributed by atoms with Gasteiger partial charge in [-0.3, -0.25) is 29.0 Å². The molecule has 2 amide bonds. The first-order valence-corrected chi connectivity index (χ1v) is 24.8. The average Bonchev–Trinajstić information content (AvgIpc) is 3.47. The molecule has 2 saturated heterocycles. The number of aliphatic hydroxyl groups excluding tert-OH is 2. The summed E-state index contributed by atoms with van der Waals surface area (Å²) in [6, 6.07) is 35.5. The molecule has 2 aliphatic rings. The fraction of sp³-hybridized carbons (Fsp3) is 0.207. The number of rotatable bonds is 13. The smallest absolute Gasteiger partial charge is 0.343 e. The van der Waals surface area contributed by atoms with Crippen molar-refractivity contribution < 1.29 is 68.1 Å². The molecule has 20 heteroatoms. The predicted molar refractivity (Wildman–Crippen MR) is 281 cm³/mol. The zero-order chi connectivity index (χ0) is 54.8. The van der Waals surface area contributed by atoms with E-state index in [2.05, 4.69) is 9.80 Å². The maximum Gasteiger partial charge on any atom is 0.343 e. The number of amides is 2. The van der Waals surface area contributed by atoms with Gasteiger partial charge in [-0.25, -0.2) is 9.59 Å². The Morgan fingerprint density at radius 3 is 1.19 bits per heavy atom. The molecule has 8 aromatic rings. The molecule has 398 valence electrons. The third-order valence-electron chi connectivity index (χ3n) is 13.7. The fourth-order valence-electron chi connectivity index (χ4n) is 9.50. The van der Waals surface area contributed by atoms with Gasteiger partial charge in [0.15, 0.2) is 46.7 Å². The number of phenols is 4. The van der Waals surface area contributed by atoms with E-state index in [0.29, 0.717) is 39.3 Å². The first-order chi connectivity index (χ1) is 37.6. The van der Waals surface area contributed by atoms with E-state index < -0.39 is 92.4 Å². The van der Waals surface area contributed by atoms with Crippen LogP contribution >= 0.6 is 0 Å². The highest BCUT2D eigenvalue weighted by molar-refractivity contribution is 6.04. The molecular weight excluding hydrogens is 1010 g/mol. The summed E-state index contributed by atoms with van der Waals surface area (Å²) in [6.45, 7) is 4.19. The van der Waals surface area contributed by atoms with Crippen LogP contribution in [0.2, 0.25) is 0 Å². The SMILES string of the molecule is O=C(Oc1cc(-c2oc3ccccc3c(=O)c2C(=O)N2CCN(Cc3ccccc3)CC2)cc(O)c1O)C(O)C(O)C(=O)Oc1cc(-c2oc3ccccc3c(=O)c2C(=O)N2CCN(Cc3ccccc3)CC2)cc(O)c1O. The number of para-hydroxylation sites is 2. The minimum atomic E-state index is -2.80. The van der Waals surface area contributed by atoms with E-state index in [9.17, 15) is 59.4 Å². The second kappa shape index (κ2) is 22.1. The van der Waals surface area contributed by atoms with Gasteiger partial charge in [-0.05, 0) is 59.7 Å². The summed E-state index contributed by atoms with van der Waals surface area (Å²) < 4.78 is 22.6. The lowest BCUT2D eigenvalue weighted by molar-refractivity contribution is -0.162. The second-order valence-electron chi connectivity index (χ2n) is 18.8. The maximum atomic E-state index is 14.3. The number of fused-ring (bicyclic) bond motifs is 2. The van der Waals surface area contributed by atoms with Crippen molar-refractivity contribution in [3.05, 3.63) is 176 Å². The number of hydrogen-bond donors (Lipinski definition) is 6. The summed E-state index contributed by atoms with van der Waals surface area (Å²) in [6.07, 6.45) is -5.59. The lowest BCUT2D eigenvalue weighted by Crippen LogP contribution is -2.49. The molecular formula is C58H50N4O16. The van der Waals surface area contributed by atoms with E-state index in [0.717, 1.165) is 35.4 Å². The Morgan fingerprint density at radius 2 is 0.821 bits per heavy atom. The van der Waals surface area contributed by atoms with Crippen molar-refractivity contribution in [2.75, 3.05) is 52.4 Å². The van der Waals surface area contributed by atoms with Gasteiger partial charge in [0.25, 0.3) is 11.8 Å². The Morgan fingerprint density at radius 1 is 0.474 bits per heavy atom. The van der Waals surface area contributed by atoms with Crippen LogP contribution in [0.15, 0.2) is 152 Å². The van der Waals surface area contributed by atoms with Crippen LogP contribution in [0, 0.1) is 0 Å². The van der Waals surface area contributed by atoms with Crippen LogP contribution in [0.4, 0.5) is 0 Å².